The summed E-state index contributed by atoms with van der Waals surface area (Å²) in [7, 11) is -7.46. The molecule has 4 rings (SSSR count). The van der Waals surface area contributed by atoms with E-state index in [4.69, 9.17) is 5.14 Å². The van der Waals surface area contributed by atoms with Gasteiger partial charge in [0, 0.05) is 25.2 Å². The van der Waals surface area contributed by atoms with E-state index in [2.05, 4.69) is 4.99 Å². The molecule has 188 valence electrons. The molecule has 3 aromatic rings. The van der Waals surface area contributed by atoms with Crippen LogP contribution >= 0.6 is 11.3 Å². The van der Waals surface area contributed by atoms with Crippen molar-refractivity contribution < 1.29 is 21.6 Å². The monoisotopic (exact) mass is 536 g/mol. The van der Waals surface area contributed by atoms with Gasteiger partial charge in [0.2, 0.25) is 20.0 Å². The fourth-order valence-electron chi connectivity index (χ4n) is 4.11. The molecule has 1 aliphatic rings. The lowest BCUT2D eigenvalue weighted by atomic mass is 10.2. The Morgan fingerprint density at radius 3 is 2.20 bits per heavy atom. The average Bonchev–Trinajstić information content (AvgIpc) is 2.98. The highest BCUT2D eigenvalue weighted by Gasteiger charge is 2.25. The van der Waals surface area contributed by atoms with Crippen molar-refractivity contribution in [3.63, 3.8) is 0 Å². The van der Waals surface area contributed by atoms with Gasteiger partial charge in [0.25, 0.3) is 5.91 Å². The van der Waals surface area contributed by atoms with E-state index >= 15 is 0 Å². The molecule has 35 heavy (non-hydrogen) atoms. The van der Waals surface area contributed by atoms with E-state index in [0.29, 0.717) is 29.1 Å². The Kier molecular flexibility index (Phi) is 7.57. The minimum absolute atomic E-state index is 0.00557. The smallest absolute Gasteiger partial charge is 0.279 e. The third-order valence-electron chi connectivity index (χ3n) is 5.93. The number of rotatable bonds is 6. The molecule has 1 saturated heterocycles. The van der Waals surface area contributed by atoms with Crippen LogP contribution in [0.2, 0.25) is 0 Å². The summed E-state index contributed by atoms with van der Waals surface area (Å²) in [5.74, 6) is -0.508. The number of aromatic nitrogens is 1. The zero-order valence-corrected chi connectivity index (χ0v) is 21.8. The molecule has 1 aromatic heterocycles. The SMILES string of the molecule is CCCn1c(=NC(=O)c2ccc(S(=O)(=O)N3CCCCCC3)cc2)sc2cc(S(N)(=O)=O)ccc21. The molecule has 0 spiro atoms. The van der Waals surface area contributed by atoms with Crippen LogP contribution in [0.1, 0.15) is 49.4 Å². The predicted octanol–water partition coefficient (Wildman–Crippen LogP) is 3.07. The number of hydrogen-bond acceptors (Lipinski definition) is 6. The molecule has 0 atom stereocenters. The fourth-order valence-corrected chi connectivity index (χ4v) is 7.33. The van der Waals surface area contributed by atoms with Crippen molar-refractivity contribution in [3.05, 3.63) is 52.8 Å². The fraction of sp³-hybridized carbons (Fsp3) is 0.391. The number of amides is 1. The number of thiazole rings is 1. The van der Waals surface area contributed by atoms with E-state index in [1.807, 2.05) is 11.5 Å². The Bertz CT molecular complexity index is 1510. The lowest BCUT2D eigenvalue weighted by molar-refractivity contribution is 0.0997. The van der Waals surface area contributed by atoms with Crippen molar-refractivity contribution in [2.24, 2.45) is 10.1 Å². The molecular weight excluding hydrogens is 508 g/mol. The zero-order valence-electron chi connectivity index (χ0n) is 19.4. The molecular formula is C23H28N4O5S3. The van der Waals surface area contributed by atoms with Gasteiger partial charge in [-0.1, -0.05) is 31.1 Å². The van der Waals surface area contributed by atoms with Gasteiger partial charge < -0.3 is 4.57 Å². The highest BCUT2D eigenvalue weighted by molar-refractivity contribution is 7.89. The molecule has 0 bridgehead atoms. The second-order valence-corrected chi connectivity index (χ2v) is 13.0. The summed E-state index contributed by atoms with van der Waals surface area (Å²) in [5, 5.41) is 5.25. The molecule has 9 nitrogen and oxygen atoms in total. The molecule has 2 N–H and O–H groups in total. The van der Waals surface area contributed by atoms with Gasteiger partial charge in [-0.25, -0.2) is 22.0 Å². The quantitative estimate of drug-likeness (QED) is 0.517. The molecule has 1 fully saturated rings. The molecule has 2 aromatic carbocycles. The number of benzene rings is 2. The van der Waals surface area contributed by atoms with Crippen molar-refractivity contribution >= 4 is 47.5 Å². The van der Waals surface area contributed by atoms with Crippen LogP contribution in [0.4, 0.5) is 0 Å². The Labute approximate surface area is 209 Å². The van der Waals surface area contributed by atoms with Crippen molar-refractivity contribution in [2.45, 2.75) is 55.4 Å². The predicted molar refractivity (Wildman–Crippen MR) is 135 cm³/mol. The summed E-state index contributed by atoms with van der Waals surface area (Å²) < 4.78 is 53.5. The summed E-state index contributed by atoms with van der Waals surface area (Å²) >= 11 is 1.20. The molecule has 12 heteroatoms. The maximum absolute atomic E-state index is 13.0. The molecule has 0 saturated carbocycles. The highest BCUT2D eigenvalue weighted by Crippen LogP contribution is 2.23. The zero-order chi connectivity index (χ0) is 25.2. The van der Waals surface area contributed by atoms with E-state index in [1.165, 1.54) is 52.0 Å². The average molecular weight is 537 g/mol. The molecule has 1 aliphatic heterocycles. The lowest BCUT2D eigenvalue weighted by Gasteiger charge is -2.19. The van der Waals surface area contributed by atoms with Gasteiger partial charge in [-0.3, -0.25) is 4.79 Å². The third-order valence-corrected chi connectivity index (χ3v) is 9.80. The molecule has 1 amide bonds. The summed E-state index contributed by atoms with van der Waals surface area (Å²) in [6.45, 7) is 3.60. The minimum Gasteiger partial charge on any atom is -0.316 e. The topological polar surface area (TPSA) is 132 Å². The maximum atomic E-state index is 13.0. The van der Waals surface area contributed by atoms with Crippen LogP contribution in [-0.2, 0) is 26.6 Å². The van der Waals surface area contributed by atoms with Crippen LogP contribution in [0.5, 0.6) is 0 Å². The second-order valence-electron chi connectivity index (χ2n) is 8.47. The van der Waals surface area contributed by atoms with Crippen molar-refractivity contribution in [1.82, 2.24) is 8.87 Å². The van der Waals surface area contributed by atoms with Gasteiger partial charge in [-0.05, 0) is 61.7 Å². The van der Waals surface area contributed by atoms with Crippen LogP contribution in [0, 0.1) is 0 Å². The first-order valence-electron chi connectivity index (χ1n) is 11.5. The minimum atomic E-state index is -3.86. The van der Waals surface area contributed by atoms with Gasteiger partial charge in [0.05, 0.1) is 20.0 Å². The first-order chi connectivity index (χ1) is 16.6. The Morgan fingerprint density at radius 2 is 1.60 bits per heavy atom. The Balaban J connectivity index is 1.66. The van der Waals surface area contributed by atoms with Crippen molar-refractivity contribution in [1.29, 1.82) is 0 Å². The lowest BCUT2D eigenvalue weighted by Crippen LogP contribution is -2.31. The maximum Gasteiger partial charge on any atom is 0.279 e. The summed E-state index contributed by atoms with van der Waals surface area (Å²) in [5.41, 5.74) is 1.03. The van der Waals surface area contributed by atoms with E-state index in [-0.39, 0.29) is 15.4 Å². The summed E-state index contributed by atoms with van der Waals surface area (Å²) in [6, 6.07) is 10.4. The van der Waals surface area contributed by atoms with Crippen molar-refractivity contribution in [3.8, 4) is 0 Å². The molecule has 0 radical (unpaired) electrons. The Hall–Kier alpha value is -2.38. The number of aryl methyl sites for hydroxylation is 1. The second kappa shape index (κ2) is 10.3. The van der Waals surface area contributed by atoms with E-state index in [0.717, 1.165) is 37.6 Å². The number of carbonyl (C=O) groups is 1. The van der Waals surface area contributed by atoms with Gasteiger partial charge >= 0.3 is 0 Å². The van der Waals surface area contributed by atoms with E-state index < -0.39 is 26.0 Å². The normalized spacial score (nSPS) is 16.5. The number of primary sulfonamides is 1. The van der Waals surface area contributed by atoms with Gasteiger partial charge in [0.15, 0.2) is 4.80 Å². The Morgan fingerprint density at radius 1 is 0.971 bits per heavy atom. The standard InChI is InChI=1S/C23H28N4O5S3/c1-2-13-27-20-12-11-19(34(24,29)30)16-21(20)33-23(27)25-22(28)17-7-9-18(10-8-17)35(31,32)26-14-5-3-4-6-15-26/h7-12,16H,2-6,13-15H2,1H3,(H2,24,29,30). The van der Waals surface area contributed by atoms with Gasteiger partial charge in [0.1, 0.15) is 0 Å². The number of nitrogens with zero attached hydrogens (tertiary/aromatic N) is 3. The molecule has 0 unspecified atom stereocenters. The molecule has 0 aliphatic carbocycles. The van der Waals surface area contributed by atoms with E-state index in [1.54, 1.807) is 6.07 Å². The summed E-state index contributed by atoms with van der Waals surface area (Å²) in [6.07, 6.45) is 4.54. The van der Waals surface area contributed by atoms with Gasteiger partial charge in [-0.15, -0.1) is 0 Å². The van der Waals surface area contributed by atoms with Crippen LogP contribution in [0.15, 0.2) is 57.2 Å². The van der Waals surface area contributed by atoms with E-state index in [9.17, 15) is 21.6 Å². The third kappa shape index (κ3) is 5.56. The number of hydrogen-bond donors (Lipinski definition) is 1. The first kappa shape index (κ1) is 25.7. The van der Waals surface area contributed by atoms with Crippen LogP contribution < -0.4 is 9.94 Å². The van der Waals surface area contributed by atoms with Gasteiger partial charge in [-0.2, -0.15) is 9.30 Å². The summed E-state index contributed by atoms with van der Waals surface area (Å²) in [4.78, 5) is 17.8. The largest absolute Gasteiger partial charge is 0.316 e. The number of nitrogens with two attached hydrogens (primary N) is 1. The number of carbonyl (C=O) groups excluding carboxylic acids is 1. The van der Waals surface area contributed by atoms with Crippen LogP contribution in [-0.4, -0.2) is 44.7 Å². The van der Waals surface area contributed by atoms with Crippen molar-refractivity contribution in [2.75, 3.05) is 13.1 Å². The first-order valence-corrected chi connectivity index (χ1v) is 15.3. The number of fused-ring (bicyclic) bond motifs is 1. The highest BCUT2D eigenvalue weighted by atomic mass is 32.2. The molecule has 2 heterocycles. The number of sulfonamides is 2. The van der Waals surface area contributed by atoms with Crippen LogP contribution in [0.25, 0.3) is 10.2 Å². The van der Waals surface area contributed by atoms with Crippen LogP contribution in [0.3, 0.4) is 0 Å².